The summed E-state index contributed by atoms with van der Waals surface area (Å²) in [5.41, 5.74) is 0. The second kappa shape index (κ2) is 9.93. The number of hydrogen-bond acceptors (Lipinski definition) is 5. The molecule has 2 aliphatic rings. The Bertz CT molecular complexity index is 821. The number of furan rings is 1. The first-order valence-electron chi connectivity index (χ1n) is 10.8. The third-order valence-electron chi connectivity index (χ3n) is 5.96. The number of nitrogens with zero attached hydrogens (tertiary/aromatic N) is 4. The smallest absolute Gasteiger partial charge is 0.191 e. The summed E-state index contributed by atoms with van der Waals surface area (Å²) in [7, 11) is 1.78. The monoisotopic (exact) mass is 414 g/mol. The second-order valence-electron chi connectivity index (χ2n) is 7.97. The van der Waals surface area contributed by atoms with Gasteiger partial charge in [0.25, 0.3) is 0 Å². The topological polar surface area (TPSA) is 68.9 Å². The lowest BCUT2D eigenvalue weighted by Gasteiger charge is -2.34. The van der Waals surface area contributed by atoms with E-state index in [1.807, 2.05) is 17.0 Å². The quantitative estimate of drug-likeness (QED) is 0.560. The maximum absolute atomic E-state index is 14.0. The van der Waals surface area contributed by atoms with E-state index >= 15 is 0 Å². The van der Waals surface area contributed by atoms with Crippen LogP contribution in [-0.4, -0.2) is 61.7 Å². The molecule has 4 heterocycles. The molecule has 0 saturated carbocycles. The van der Waals surface area contributed by atoms with Crippen LogP contribution in [0, 0.1) is 5.82 Å². The van der Waals surface area contributed by atoms with Crippen molar-refractivity contribution in [3.8, 4) is 0 Å². The molecule has 2 aromatic heterocycles. The van der Waals surface area contributed by atoms with E-state index in [4.69, 9.17) is 4.42 Å². The molecule has 0 bridgehead atoms. The van der Waals surface area contributed by atoms with Gasteiger partial charge in [-0.1, -0.05) is 6.42 Å². The van der Waals surface area contributed by atoms with Gasteiger partial charge in [0.1, 0.15) is 5.76 Å². The maximum Gasteiger partial charge on any atom is 0.191 e. The van der Waals surface area contributed by atoms with E-state index in [-0.39, 0.29) is 17.9 Å². The molecule has 4 rings (SSSR count). The summed E-state index contributed by atoms with van der Waals surface area (Å²) in [6.07, 6.45) is 8.04. The molecule has 2 fully saturated rings. The molecule has 162 valence electrons. The molecule has 2 aliphatic heterocycles. The van der Waals surface area contributed by atoms with Gasteiger partial charge < -0.3 is 20.0 Å². The Labute approximate surface area is 177 Å². The summed E-state index contributed by atoms with van der Waals surface area (Å²) in [6, 6.07) is 7.44. The molecule has 2 N–H and O–H groups in total. The van der Waals surface area contributed by atoms with E-state index in [0.717, 1.165) is 44.3 Å². The van der Waals surface area contributed by atoms with Crippen LogP contribution in [0.4, 0.5) is 10.2 Å². The largest absolute Gasteiger partial charge is 0.468 e. The molecule has 30 heavy (non-hydrogen) atoms. The fraction of sp³-hybridized carbons (Fsp3) is 0.545. The number of rotatable bonds is 6. The van der Waals surface area contributed by atoms with Gasteiger partial charge in [0, 0.05) is 38.9 Å². The highest BCUT2D eigenvalue weighted by Gasteiger charge is 2.27. The van der Waals surface area contributed by atoms with E-state index in [0.29, 0.717) is 12.4 Å². The number of guanidine groups is 1. The van der Waals surface area contributed by atoms with E-state index in [1.54, 1.807) is 25.6 Å². The van der Waals surface area contributed by atoms with E-state index < -0.39 is 0 Å². The minimum Gasteiger partial charge on any atom is -0.468 e. The van der Waals surface area contributed by atoms with Crippen LogP contribution in [0.5, 0.6) is 0 Å². The number of aliphatic imine (C=N–C) groups is 1. The predicted molar refractivity (Wildman–Crippen MR) is 116 cm³/mol. The minimum atomic E-state index is -0.275. The number of anilines is 1. The Morgan fingerprint density at radius 2 is 2.13 bits per heavy atom. The van der Waals surface area contributed by atoms with Crippen molar-refractivity contribution in [1.82, 2.24) is 20.5 Å². The van der Waals surface area contributed by atoms with Crippen molar-refractivity contribution < 1.29 is 8.81 Å². The molecular weight excluding hydrogens is 383 g/mol. The molecule has 0 spiro atoms. The van der Waals surface area contributed by atoms with Crippen LogP contribution in [-0.2, 0) is 0 Å². The van der Waals surface area contributed by atoms with Gasteiger partial charge in [-0.15, -0.1) is 0 Å². The average molecular weight is 415 g/mol. The van der Waals surface area contributed by atoms with Crippen LogP contribution in [0.3, 0.4) is 0 Å². The zero-order valence-electron chi connectivity index (χ0n) is 17.6. The van der Waals surface area contributed by atoms with Crippen molar-refractivity contribution in [2.24, 2.45) is 4.99 Å². The lowest BCUT2D eigenvalue weighted by Crippen LogP contribution is -2.48. The molecular formula is C22H31FN6O. The molecule has 0 aliphatic carbocycles. The fourth-order valence-electron chi connectivity index (χ4n) is 4.38. The predicted octanol–water partition coefficient (Wildman–Crippen LogP) is 2.78. The zero-order valence-corrected chi connectivity index (χ0v) is 17.6. The Morgan fingerprint density at radius 1 is 1.27 bits per heavy atom. The minimum absolute atomic E-state index is 0.182. The van der Waals surface area contributed by atoms with Crippen molar-refractivity contribution in [3.63, 3.8) is 0 Å². The van der Waals surface area contributed by atoms with Gasteiger partial charge in [-0.25, -0.2) is 9.37 Å². The third kappa shape index (κ3) is 4.92. The molecule has 0 aromatic carbocycles. The van der Waals surface area contributed by atoms with Crippen molar-refractivity contribution in [3.05, 3.63) is 48.3 Å². The molecule has 8 heteroatoms. The maximum atomic E-state index is 14.0. The summed E-state index contributed by atoms with van der Waals surface area (Å²) in [6.45, 7) is 4.37. The first kappa shape index (κ1) is 20.7. The second-order valence-corrected chi connectivity index (χ2v) is 7.97. The van der Waals surface area contributed by atoms with Gasteiger partial charge >= 0.3 is 0 Å². The first-order valence-corrected chi connectivity index (χ1v) is 10.8. The number of halogens is 1. The normalized spacial score (nSPS) is 21.6. The van der Waals surface area contributed by atoms with Gasteiger partial charge in [-0.2, -0.15) is 0 Å². The van der Waals surface area contributed by atoms with Crippen LogP contribution in [0.25, 0.3) is 0 Å². The highest BCUT2D eigenvalue weighted by atomic mass is 19.1. The van der Waals surface area contributed by atoms with Gasteiger partial charge in [0.2, 0.25) is 0 Å². The number of hydrogen-bond donors (Lipinski definition) is 2. The highest BCUT2D eigenvalue weighted by molar-refractivity contribution is 5.80. The highest BCUT2D eigenvalue weighted by Crippen LogP contribution is 2.25. The van der Waals surface area contributed by atoms with Crippen molar-refractivity contribution in [1.29, 1.82) is 0 Å². The number of likely N-dealkylation sites (tertiary alicyclic amines) is 1. The molecule has 2 unspecified atom stereocenters. The van der Waals surface area contributed by atoms with Crippen LogP contribution >= 0.6 is 0 Å². The van der Waals surface area contributed by atoms with E-state index in [1.165, 1.54) is 25.3 Å². The Balaban J connectivity index is 1.33. The Morgan fingerprint density at radius 3 is 2.87 bits per heavy atom. The van der Waals surface area contributed by atoms with E-state index in [9.17, 15) is 4.39 Å². The summed E-state index contributed by atoms with van der Waals surface area (Å²) < 4.78 is 19.8. The number of aromatic nitrogens is 1. The lowest BCUT2D eigenvalue weighted by atomic mass is 10.1. The number of pyridine rings is 1. The standard InChI is InChI=1S/C22H31FN6O/c1-24-22(27-17-9-13-29(16-17)21-18(23)7-5-10-25-21)26-15-19(20-8-6-14-30-20)28-11-3-2-4-12-28/h5-8,10,14,17,19H,2-4,9,11-13,15-16H2,1H3,(H2,24,26,27). The van der Waals surface area contributed by atoms with E-state index in [2.05, 4.69) is 25.5 Å². The lowest BCUT2D eigenvalue weighted by molar-refractivity contribution is 0.146. The van der Waals surface area contributed by atoms with Gasteiger partial charge in [0.05, 0.1) is 12.3 Å². The summed E-state index contributed by atoms with van der Waals surface area (Å²) in [5, 5.41) is 6.96. The molecule has 0 radical (unpaired) electrons. The van der Waals surface area contributed by atoms with Gasteiger partial charge in [0.15, 0.2) is 17.6 Å². The molecule has 2 saturated heterocycles. The van der Waals surface area contributed by atoms with Crippen LogP contribution in [0.2, 0.25) is 0 Å². The zero-order chi connectivity index (χ0) is 20.8. The van der Waals surface area contributed by atoms with Gasteiger partial charge in [-0.05, 0) is 56.6 Å². The molecule has 7 nitrogen and oxygen atoms in total. The fourth-order valence-corrected chi connectivity index (χ4v) is 4.38. The summed E-state index contributed by atoms with van der Waals surface area (Å²) in [5.74, 6) is 1.89. The molecule has 2 atom stereocenters. The van der Waals surface area contributed by atoms with Crippen LogP contribution in [0.15, 0.2) is 46.1 Å². The molecule has 0 amide bonds. The number of piperidine rings is 1. The van der Waals surface area contributed by atoms with Crippen LogP contribution in [0.1, 0.15) is 37.5 Å². The average Bonchev–Trinajstić information content (AvgIpc) is 3.47. The molecule has 2 aromatic rings. The summed E-state index contributed by atoms with van der Waals surface area (Å²) in [4.78, 5) is 13.1. The Hall–Kier alpha value is -2.61. The SMILES string of the molecule is CN=C(NCC(c1ccco1)N1CCCCC1)NC1CCN(c2ncccc2F)C1. The van der Waals surface area contributed by atoms with Gasteiger partial charge in [-0.3, -0.25) is 9.89 Å². The van der Waals surface area contributed by atoms with Crippen molar-refractivity contribution in [2.75, 3.05) is 44.7 Å². The summed E-state index contributed by atoms with van der Waals surface area (Å²) >= 11 is 0. The Kier molecular flexibility index (Phi) is 6.84. The van der Waals surface area contributed by atoms with Crippen LogP contribution < -0.4 is 15.5 Å². The van der Waals surface area contributed by atoms with Crippen molar-refractivity contribution in [2.45, 2.75) is 37.8 Å². The third-order valence-corrected chi connectivity index (χ3v) is 5.96. The number of nitrogens with one attached hydrogen (secondary N) is 2. The van der Waals surface area contributed by atoms with Crippen molar-refractivity contribution >= 4 is 11.8 Å². The first-order chi connectivity index (χ1) is 14.7.